The van der Waals surface area contributed by atoms with Crippen molar-refractivity contribution in [3.63, 3.8) is 0 Å². The average molecular weight is 306 g/mol. The highest BCUT2D eigenvalue weighted by Gasteiger charge is 2.00. The minimum atomic E-state index is -0.0617. The van der Waals surface area contributed by atoms with E-state index in [1.54, 1.807) is 0 Å². The Labute approximate surface area is 131 Å². The van der Waals surface area contributed by atoms with Crippen LogP contribution in [0.2, 0.25) is 0 Å². The van der Waals surface area contributed by atoms with E-state index < -0.39 is 0 Å². The summed E-state index contributed by atoms with van der Waals surface area (Å²) in [6, 6.07) is 13.6. The van der Waals surface area contributed by atoms with E-state index in [9.17, 15) is 4.79 Å². The molecule has 4 nitrogen and oxygen atoms in total. The third-order valence-electron chi connectivity index (χ3n) is 3.01. The Morgan fingerprint density at radius 2 is 1.81 bits per heavy atom. The van der Waals surface area contributed by atoms with Gasteiger partial charge in [-0.1, -0.05) is 12.1 Å². The summed E-state index contributed by atoms with van der Waals surface area (Å²) in [7, 11) is 0. The van der Waals surface area contributed by atoms with E-state index in [0.29, 0.717) is 0 Å². The van der Waals surface area contributed by atoms with Gasteiger partial charge in [0.25, 0.3) is 0 Å². The summed E-state index contributed by atoms with van der Waals surface area (Å²) in [5.41, 5.74) is 10.7. The summed E-state index contributed by atoms with van der Waals surface area (Å²) in [5, 5.41) is 6.12. The molecule has 0 fully saturated rings. The van der Waals surface area contributed by atoms with E-state index in [-0.39, 0.29) is 18.3 Å². The van der Waals surface area contributed by atoms with Crippen LogP contribution in [0, 0.1) is 6.92 Å². The maximum Gasteiger partial charge on any atom is 0.221 e. The first-order valence-corrected chi connectivity index (χ1v) is 6.51. The van der Waals surface area contributed by atoms with Crippen LogP contribution in [-0.2, 0) is 11.3 Å². The fourth-order valence-corrected chi connectivity index (χ4v) is 1.99. The van der Waals surface area contributed by atoms with E-state index in [1.165, 1.54) is 6.92 Å². The average Bonchev–Trinajstić information content (AvgIpc) is 2.39. The van der Waals surface area contributed by atoms with Crippen LogP contribution in [-0.4, -0.2) is 5.91 Å². The Morgan fingerprint density at radius 1 is 1.14 bits per heavy atom. The normalized spacial score (nSPS) is 9.62. The van der Waals surface area contributed by atoms with Gasteiger partial charge in [-0.05, 0) is 48.4 Å². The molecule has 1 amide bonds. The molecule has 0 aliphatic carbocycles. The van der Waals surface area contributed by atoms with Gasteiger partial charge >= 0.3 is 0 Å². The van der Waals surface area contributed by atoms with Crippen molar-refractivity contribution in [1.29, 1.82) is 0 Å². The lowest BCUT2D eigenvalue weighted by Gasteiger charge is -2.11. The summed E-state index contributed by atoms with van der Waals surface area (Å²) >= 11 is 0. The highest BCUT2D eigenvalue weighted by Crippen LogP contribution is 2.19. The first kappa shape index (κ1) is 16.9. The number of carbonyl (C=O) groups excluding carboxylic acids is 1. The third-order valence-corrected chi connectivity index (χ3v) is 3.01. The highest BCUT2D eigenvalue weighted by atomic mass is 35.5. The van der Waals surface area contributed by atoms with Crippen molar-refractivity contribution >= 4 is 35.4 Å². The number of halogens is 1. The molecule has 112 valence electrons. The molecular formula is C16H20ClN3O. The van der Waals surface area contributed by atoms with Gasteiger partial charge in [0.15, 0.2) is 0 Å². The second kappa shape index (κ2) is 7.55. The maximum atomic E-state index is 10.9. The number of benzene rings is 2. The number of amides is 1. The van der Waals surface area contributed by atoms with Crippen LogP contribution in [0.4, 0.5) is 17.1 Å². The number of hydrogen-bond donors (Lipinski definition) is 3. The molecule has 2 aromatic carbocycles. The van der Waals surface area contributed by atoms with Crippen LogP contribution in [0.15, 0.2) is 42.5 Å². The molecule has 0 saturated heterocycles. The predicted molar refractivity (Wildman–Crippen MR) is 90.9 cm³/mol. The number of rotatable bonds is 4. The summed E-state index contributed by atoms with van der Waals surface area (Å²) in [6.45, 7) is 4.25. The zero-order valence-corrected chi connectivity index (χ0v) is 13.0. The maximum absolute atomic E-state index is 10.9. The molecule has 0 unspecified atom stereocenters. The Morgan fingerprint density at radius 3 is 2.38 bits per heavy atom. The van der Waals surface area contributed by atoms with Crippen molar-refractivity contribution in [2.24, 2.45) is 0 Å². The van der Waals surface area contributed by atoms with Gasteiger partial charge in [-0.25, -0.2) is 0 Å². The first-order chi connectivity index (χ1) is 9.54. The molecule has 0 aliphatic heterocycles. The summed E-state index contributed by atoms with van der Waals surface area (Å²) in [5.74, 6) is -0.0617. The molecule has 4 N–H and O–H groups in total. The lowest BCUT2D eigenvalue weighted by atomic mass is 10.1. The molecule has 0 bridgehead atoms. The molecule has 0 aromatic heterocycles. The number of nitrogens with two attached hydrogens (primary N) is 1. The number of aryl methyl sites for hydroxylation is 1. The fraction of sp³-hybridized carbons (Fsp3) is 0.188. The molecular weight excluding hydrogens is 286 g/mol. The smallest absolute Gasteiger partial charge is 0.221 e. The summed E-state index contributed by atoms with van der Waals surface area (Å²) in [4.78, 5) is 10.9. The van der Waals surface area contributed by atoms with Crippen LogP contribution < -0.4 is 16.4 Å². The molecule has 2 rings (SSSR count). The fourth-order valence-electron chi connectivity index (χ4n) is 1.99. The molecule has 0 radical (unpaired) electrons. The minimum absolute atomic E-state index is 0. The van der Waals surface area contributed by atoms with Crippen LogP contribution in [0.25, 0.3) is 0 Å². The van der Waals surface area contributed by atoms with E-state index in [0.717, 1.165) is 34.7 Å². The Hall–Kier alpha value is -2.20. The third kappa shape index (κ3) is 5.00. The molecule has 21 heavy (non-hydrogen) atoms. The molecule has 2 aromatic rings. The quantitative estimate of drug-likeness (QED) is 0.756. The Kier molecular flexibility index (Phi) is 6.06. The van der Waals surface area contributed by atoms with Gasteiger partial charge in [0.1, 0.15) is 0 Å². The van der Waals surface area contributed by atoms with Gasteiger partial charge in [0.05, 0.1) is 0 Å². The lowest BCUT2D eigenvalue weighted by Crippen LogP contribution is -2.06. The Balaban J connectivity index is 0.00000220. The second-order valence-corrected chi connectivity index (χ2v) is 4.81. The number of anilines is 3. The van der Waals surface area contributed by atoms with Gasteiger partial charge in [-0.15, -0.1) is 12.4 Å². The SMILES string of the molecule is CC(=O)Nc1ccc(CNc2ccc(N)cc2C)cc1.Cl. The zero-order valence-electron chi connectivity index (χ0n) is 12.1. The van der Waals surface area contributed by atoms with E-state index in [4.69, 9.17) is 5.73 Å². The Bertz CT molecular complexity index is 611. The van der Waals surface area contributed by atoms with Crippen molar-refractivity contribution in [2.75, 3.05) is 16.4 Å². The monoisotopic (exact) mass is 305 g/mol. The topological polar surface area (TPSA) is 67.2 Å². The minimum Gasteiger partial charge on any atom is -0.399 e. The van der Waals surface area contributed by atoms with E-state index in [1.807, 2.05) is 49.4 Å². The van der Waals surface area contributed by atoms with E-state index in [2.05, 4.69) is 10.6 Å². The van der Waals surface area contributed by atoms with Crippen molar-refractivity contribution in [3.8, 4) is 0 Å². The van der Waals surface area contributed by atoms with Gasteiger partial charge in [-0.2, -0.15) is 0 Å². The molecule has 0 saturated carbocycles. The summed E-state index contributed by atoms with van der Waals surface area (Å²) in [6.07, 6.45) is 0. The van der Waals surface area contributed by atoms with Gasteiger partial charge in [0.2, 0.25) is 5.91 Å². The predicted octanol–water partition coefficient (Wildman–Crippen LogP) is 3.57. The molecule has 0 aliphatic rings. The number of carbonyl (C=O) groups is 1. The van der Waals surface area contributed by atoms with E-state index >= 15 is 0 Å². The first-order valence-electron chi connectivity index (χ1n) is 6.51. The number of hydrogen-bond acceptors (Lipinski definition) is 3. The number of nitrogen functional groups attached to an aromatic ring is 1. The van der Waals surface area contributed by atoms with Crippen LogP contribution in [0.5, 0.6) is 0 Å². The molecule has 5 heteroatoms. The van der Waals surface area contributed by atoms with Gasteiger partial charge < -0.3 is 16.4 Å². The van der Waals surface area contributed by atoms with Crippen molar-refractivity contribution < 1.29 is 4.79 Å². The lowest BCUT2D eigenvalue weighted by molar-refractivity contribution is -0.114. The van der Waals surface area contributed by atoms with Crippen LogP contribution >= 0.6 is 12.4 Å². The zero-order chi connectivity index (χ0) is 14.5. The standard InChI is InChI=1S/C16H19N3O.ClH/c1-11-9-14(17)5-8-16(11)18-10-13-3-6-15(7-4-13)19-12(2)20;/h3-9,18H,10,17H2,1-2H3,(H,19,20);1H. The summed E-state index contributed by atoms with van der Waals surface area (Å²) < 4.78 is 0. The van der Waals surface area contributed by atoms with Gasteiger partial charge in [-0.3, -0.25) is 4.79 Å². The molecule has 0 heterocycles. The second-order valence-electron chi connectivity index (χ2n) is 4.81. The van der Waals surface area contributed by atoms with Crippen molar-refractivity contribution in [3.05, 3.63) is 53.6 Å². The van der Waals surface area contributed by atoms with Crippen LogP contribution in [0.3, 0.4) is 0 Å². The molecule has 0 atom stereocenters. The van der Waals surface area contributed by atoms with Gasteiger partial charge in [0, 0.05) is 30.5 Å². The van der Waals surface area contributed by atoms with Crippen LogP contribution in [0.1, 0.15) is 18.1 Å². The highest BCUT2D eigenvalue weighted by molar-refractivity contribution is 5.88. The van der Waals surface area contributed by atoms with Crippen molar-refractivity contribution in [2.45, 2.75) is 20.4 Å². The number of nitrogens with one attached hydrogen (secondary N) is 2. The molecule has 0 spiro atoms. The largest absolute Gasteiger partial charge is 0.399 e. The van der Waals surface area contributed by atoms with Crippen molar-refractivity contribution in [1.82, 2.24) is 0 Å².